The largest absolute Gasteiger partial charge is 0.302 e. The van der Waals surface area contributed by atoms with Crippen LogP contribution in [-0.4, -0.2) is 23.9 Å². The van der Waals surface area contributed by atoms with Gasteiger partial charge in [-0.15, -0.1) is 0 Å². The van der Waals surface area contributed by atoms with Crippen molar-refractivity contribution in [3.05, 3.63) is 63.6 Å². The van der Waals surface area contributed by atoms with E-state index >= 15 is 0 Å². The van der Waals surface area contributed by atoms with E-state index in [-0.39, 0.29) is 29.3 Å². The number of benzene rings is 2. The molecule has 1 atom stereocenters. The third-order valence-electron chi connectivity index (χ3n) is 4.81. The molecule has 0 aromatic heterocycles. The topological polar surface area (TPSA) is 49.4 Å². The van der Waals surface area contributed by atoms with Gasteiger partial charge in [-0.05, 0) is 36.1 Å². The lowest BCUT2D eigenvalue weighted by Crippen LogP contribution is -2.44. The first kappa shape index (κ1) is 16.6. The minimum Gasteiger partial charge on any atom is -0.302 e. The van der Waals surface area contributed by atoms with E-state index in [0.29, 0.717) is 10.7 Å². The van der Waals surface area contributed by atoms with Crippen molar-refractivity contribution in [3.8, 4) is 0 Å². The van der Waals surface area contributed by atoms with Gasteiger partial charge in [-0.25, -0.2) is 4.90 Å². The molecule has 2 aliphatic rings. The number of hydrogen-bond donors (Lipinski definition) is 1. The van der Waals surface area contributed by atoms with Gasteiger partial charge in [0, 0.05) is 6.04 Å². The van der Waals surface area contributed by atoms with Crippen LogP contribution in [0, 0.1) is 0 Å². The van der Waals surface area contributed by atoms with Crippen molar-refractivity contribution in [2.75, 3.05) is 4.90 Å². The molecule has 1 N–H and O–H groups in total. The van der Waals surface area contributed by atoms with Gasteiger partial charge in [0.15, 0.2) is 0 Å². The molecule has 1 saturated heterocycles. The predicted octanol–water partition coefficient (Wildman–Crippen LogP) is 3.38. The zero-order valence-electron chi connectivity index (χ0n) is 13.3. The SMILES string of the molecule is O=C1CC(NC2Cc3ccccc3C2)C(=O)N1c1cccc(Cl)c1Cl. The number of hydrogen-bond acceptors (Lipinski definition) is 3. The first-order valence-corrected chi connectivity index (χ1v) is 8.94. The Labute approximate surface area is 155 Å². The quantitative estimate of drug-likeness (QED) is 0.837. The number of imide groups is 1. The van der Waals surface area contributed by atoms with Crippen LogP contribution in [0.15, 0.2) is 42.5 Å². The Hall–Kier alpha value is -1.88. The van der Waals surface area contributed by atoms with Gasteiger partial charge in [0.25, 0.3) is 5.91 Å². The zero-order valence-corrected chi connectivity index (χ0v) is 14.8. The number of halogens is 2. The third-order valence-corrected chi connectivity index (χ3v) is 5.62. The molecule has 25 heavy (non-hydrogen) atoms. The summed E-state index contributed by atoms with van der Waals surface area (Å²) in [6.45, 7) is 0. The van der Waals surface area contributed by atoms with Crippen LogP contribution in [0.3, 0.4) is 0 Å². The number of carbonyl (C=O) groups excluding carboxylic acids is 2. The van der Waals surface area contributed by atoms with Gasteiger partial charge >= 0.3 is 0 Å². The number of anilines is 1. The smallest absolute Gasteiger partial charge is 0.251 e. The molecule has 0 spiro atoms. The van der Waals surface area contributed by atoms with E-state index in [1.807, 2.05) is 12.1 Å². The fourth-order valence-corrected chi connectivity index (χ4v) is 4.02. The molecule has 0 saturated carbocycles. The van der Waals surface area contributed by atoms with E-state index in [1.54, 1.807) is 18.2 Å². The second-order valence-electron chi connectivity index (χ2n) is 6.44. The van der Waals surface area contributed by atoms with Crippen molar-refractivity contribution in [2.45, 2.75) is 31.3 Å². The van der Waals surface area contributed by atoms with Crippen LogP contribution in [0.2, 0.25) is 10.0 Å². The van der Waals surface area contributed by atoms with E-state index in [9.17, 15) is 9.59 Å². The Kier molecular flexibility index (Phi) is 4.28. The third kappa shape index (κ3) is 2.95. The second kappa shape index (κ2) is 6.45. The summed E-state index contributed by atoms with van der Waals surface area (Å²) in [5, 5.41) is 3.89. The molecule has 1 fully saturated rings. The summed E-state index contributed by atoms with van der Waals surface area (Å²) in [7, 11) is 0. The first-order chi connectivity index (χ1) is 12.0. The summed E-state index contributed by atoms with van der Waals surface area (Å²) < 4.78 is 0. The van der Waals surface area contributed by atoms with Crippen LogP contribution < -0.4 is 10.2 Å². The number of rotatable bonds is 3. The molecular formula is C19H16Cl2N2O2. The van der Waals surface area contributed by atoms with Gasteiger partial charge in [-0.3, -0.25) is 9.59 Å². The maximum absolute atomic E-state index is 12.8. The van der Waals surface area contributed by atoms with E-state index in [1.165, 1.54) is 11.1 Å². The molecule has 128 valence electrons. The van der Waals surface area contributed by atoms with E-state index < -0.39 is 6.04 Å². The molecule has 4 nitrogen and oxygen atoms in total. The lowest BCUT2D eigenvalue weighted by Gasteiger charge is -2.19. The van der Waals surface area contributed by atoms with Crippen molar-refractivity contribution in [3.63, 3.8) is 0 Å². The maximum Gasteiger partial charge on any atom is 0.251 e. The van der Waals surface area contributed by atoms with Crippen LogP contribution >= 0.6 is 23.2 Å². The van der Waals surface area contributed by atoms with Crippen LogP contribution in [0.25, 0.3) is 0 Å². The highest BCUT2D eigenvalue weighted by atomic mass is 35.5. The van der Waals surface area contributed by atoms with Crippen molar-refractivity contribution < 1.29 is 9.59 Å². The van der Waals surface area contributed by atoms with Crippen LogP contribution in [0.1, 0.15) is 17.5 Å². The molecule has 2 aromatic rings. The summed E-state index contributed by atoms with van der Waals surface area (Å²) in [5.41, 5.74) is 2.95. The molecule has 0 radical (unpaired) electrons. The number of nitrogens with one attached hydrogen (secondary N) is 1. The fourth-order valence-electron chi connectivity index (χ4n) is 3.64. The first-order valence-electron chi connectivity index (χ1n) is 8.18. The molecule has 2 aromatic carbocycles. The van der Waals surface area contributed by atoms with Gasteiger partial charge in [-0.2, -0.15) is 0 Å². The number of carbonyl (C=O) groups is 2. The highest BCUT2D eigenvalue weighted by Gasteiger charge is 2.41. The van der Waals surface area contributed by atoms with Crippen molar-refractivity contribution >= 4 is 40.7 Å². The second-order valence-corrected chi connectivity index (χ2v) is 7.22. The Morgan fingerprint density at radius 1 is 0.920 bits per heavy atom. The van der Waals surface area contributed by atoms with E-state index in [2.05, 4.69) is 17.4 Å². The summed E-state index contributed by atoms with van der Waals surface area (Å²) in [6, 6.07) is 12.8. The normalized spacial score (nSPS) is 20.4. The summed E-state index contributed by atoms with van der Waals surface area (Å²) in [5.74, 6) is -0.535. The summed E-state index contributed by atoms with van der Waals surface area (Å²) in [6.07, 6.45) is 1.87. The Bertz CT molecular complexity index is 843. The lowest BCUT2D eigenvalue weighted by molar-refractivity contribution is -0.121. The Morgan fingerprint density at radius 2 is 1.60 bits per heavy atom. The molecule has 4 rings (SSSR count). The molecule has 6 heteroatoms. The predicted molar refractivity (Wildman–Crippen MR) is 98.1 cm³/mol. The molecular weight excluding hydrogens is 359 g/mol. The van der Waals surface area contributed by atoms with Gasteiger partial charge in [0.05, 0.1) is 28.2 Å². The monoisotopic (exact) mass is 374 g/mol. The fraction of sp³-hybridized carbons (Fsp3) is 0.263. The minimum atomic E-state index is -0.526. The minimum absolute atomic E-state index is 0.133. The lowest BCUT2D eigenvalue weighted by atomic mass is 10.1. The van der Waals surface area contributed by atoms with E-state index in [4.69, 9.17) is 23.2 Å². The van der Waals surface area contributed by atoms with Crippen LogP contribution in [0.5, 0.6) is 0 Å². The highest BCUT2D eigenvalue weighted by Crippen LogP contribution is 2.35. The zero-order chi connectivity index (χ0) is 17.6. The molecule has 1 aliphatic carbocycles. The van der Waals surface area contributed by atoms with Crippen molar-refractivity contribution in [1.29, 1.82) is 0 Å². The van der Waals surface area contributed by atoms with Gasteiger partial charge < -0.3 is 5.32 Å². The molecule has 0 bridgehead atoms. The van der Waals surface area contributed by atoms with Gasteiger partial charge in [0.2, 0.25) is 5.91 Å². The maximum atomic E-state index is 12.8. The summed E-state index contributed by atoms with van der Waals surface area (Å²) >= 11 is 12.2. The molecule has 2 amide bonds. The Morgan fingerprint density at radius 3 is 2.28 bits per heavy atom. The molecule has 1 unspecified atom stereocenters. The average molecular weight is 375 g/mol. The molecule has 1 aliphatic heterocycles. The summed E-state index contributed by atoms with van der Waals surface area (Å²) in [4.78, 5) is 26.3. The number of amides is 2. The van der Waals surface area contributed by atoms with Crippen LogP contribution in [0.4, 0.5) is 5.69 Å². The number of nitrogens with zero attached hydrogens (tertiary/aromatic N) is 1. The van der Waals surface area contributed by atoms with Crippen LogP contribution in [-0.2, 0) is 22.4 Å². The number of fused-ring (bicyclic) bond motifs is 1. The standard InChI is InChI=1S/C19H16Cl2N2O2/c20-14-6-3-7-16(18(14)21)23-17(24)10-15(19(23)25)22-13-8-11-4-1-2-5-12(11)9-13/h1-7,13,15,22H,8-10H2. The van der Waals surface area contributed by atoms with E-state index in [0.717, 1.165) is 17.7 Å². The van der Waals surface area contributed by atoms with Gasteiger partial charge in [0.1, 0.15) is 0 Å². The molecule has 1 heterocycles. The Balaban J connectivity index is 1.51. The average Bonchev–Trinajstić information content (AvgIpc) is 3.11. The van der Waals surface area contributed by atoms with Gasteiger partial charge in [-0.1, -0.05) is 53.5 Å². The van der Waals surface area contributed by atoms with Crippen molar-refractivity contribution in [2.24, 2.45) is 0 Å². The van der Waals surface area contributed by atoms with Crippen molar-refractivity contribution in [1.82, 2.24) is 5.32 Å². The highest BCUT2D eigenvalue weighted by molar-refractivity contribution is 6.44.